The van der Waals surface area contributed by atoms with E-state index in [9.17, 15) is 0 Å². The topological polar surface area (TPSA) is 67.7 Å². The van der Waals surface area contributed by atoms with Crippen molar-refractivity contribution in [3.8, 4) is 0 Å². The van der Waals surface area contributed by atoms with Crippen LogP contribution in [0.15, 0.2) is 22.9 Å². The summed E-state index contributed by atoms with van der Waals surface area (Å²) < 4.78 is 2.61. The maximum Gasteiger partial charge on any atom is 0.224 e. The van der Waals surface area contributed by atoms with Crippen LogP contribution in [0.2, 0.25) is 0 Å². The van der Waals surface area contributed by atoms with Crippen LogP contribution in [0.5, 0.6) is 0 Å². The second-order valence-electron chi connectivity index (χ2n) is 3.75. The first-order valence-corrected chi connectivity index (χ1v) is 6.47. The van der Waals surface area contributed by atoms with Crippen molar-refractivity contribution in [3.63, 3.8) is 0 Å². The molecule has 2 rings (SSSR count). The molecule has 96 valence electrons. The Morgan fingerprint density at radius 3 is 2.89 bits per heavy atom. The molecule has 0 aromatic carbocycles. The zero-order valence-corrected chi connectivity index (χ0v) is 11.9. The molecule has 0 spiro atoms. The van der Waals surface area contributed by atoms with Crippen LogP contribution in [0.1, 0.15) is 12.6 Å². The summed E-state index contributed by atoms with van der Waals surface area (Å²) >= 11 is 3.42. The minimum atomic E-state index is 0.615. The van der Waals surface area contributed by atoms with Crippen molar-refractivity contribution in [1.82, 2.24) is 19.7 Å². The quantitative estimate of drug-likeness (QED) is 0.884. The van der Waals surface area contributed by atoms with E-state index >= 15 is 0 Å². The zero-order valence-electron chi connectivity index (χ0n) is 10.3. The number of nitrogens with zero attached hydrogens (tertiary/aromatic N) is 4. The average Bonchev–Trinajstić information content (AvgIpc) is 2.76. The molecular weight excluding hydrogens is 296 g/mol. The lowest BCUT2D eigenvalue weighted by Crippen LogP contribution is -2.07. The fraction of sp³-hybridized carbons (Fsp3) is 0.364. The van der Waals surface area contributed by atoms with E-state index < -0.39 is 0 Å². The third kappa shape index (κ3) is 3.19. The molecule has 2 N–H and O–H groups in total. The minimum Gasteiger partial charge on any atom is -0.363 e. The number of anilines is 2. The number of aryl methyl sites for hydroxylation is 1. The molecule has 0 aliphatic rings. The van der Waals surface area contributed by atoms with E-state index in [0.29, 0.717) is 12.5 Å². The molecule has 2 aromatic rings. The smallest absolute Gasteiger partial charge is 0.224 e. The number of halogens is 1. The number of nitrogens with one attached hydrogen (secondary N) is 2. The average molecular weight is 311 g/mol. The van der Waals surface area contributed by atoms with Crippen LogP contribution in [0.25, 0.3) is 0 Å². The number of rotatable bonds is 5. The van der Waals surface area contributed by atoms with Gasteiger partial charge in [0.1, 0.15) is 5.82 Å². The van der Waals surface area contributed by atoms with Gasteiger partial charge in [0.25, 0.3) is 0 Å². The van der Waals surface area contributed by atoms with E-state index in [1.165, 1.54) is 0 Å². The van der Waals surface area contributed by atoms with Gasteiger partial charge >= 0.3 is 0 Å². The van der Waals surface area contributed by atoms with Gasteiger partial charge in [0, 0.05) is 26.0 Å². The Labute approximate surface area is 114 Å². The van der Waals surface area contributed by atoms with Crippen LogP contribution in [0.4, 0.5) is 11.8 Å². The second kappa shape index (κ2) is 5.81. The predicted octanol–water partition coefficient (Wildman–Crippen LogP) is 2.02. The summed E-state index contributed by atoms with van der Waals surface area (Å²) in [5, 5.41) is 10.6. The van der Waals surface area contributed by atoms with E-state index in [1.807, 2.05) is 26.2 Å². The Bertz CT molecular complexity index is 524. The molecule has 18 heavy (non-hydrogen) atoms. The molecule has 7 heteroatoms. The van der Waals surface area contributed by atoms with E-state index in [4.69, 9.17) is 0 Å². The maximum absolute atomic E-state index is 4.37. The molecule has 0 fully saturated rings. The SMILES string of the molecule is CCNc1ncc(Br)c(NCc2ccn(C)n2)n1. The van der Waals surface area contributed by atoms with Crippen LogP contribution in [0.3, 0.4) is 0 Å². The lowest BCUT2D eigenvalue weighted by Gasteiger charge is -2.08. The summed E-state index contributed by atoms with van der Waals surface area (Å²) in [4.78, 5) is 8.53. The summed E-state index contributed by atoms with van der Waals surface area (Å²) in [6.07, 6.45) is 3.64. The lowest BCUT2D eigenvalue weighted by molar-refractivity contribution is 0.747. The summed E-state index contributed by atoms with van der Waals surface area (Å²) in [5.74, 6) is 1.37. The molecule has 0 saturated heterocycles. The fourth-order valence-electron chi connectivity index (χ4n) is 1.47. The summed E-state index contributed by atoms with van der Waals surface area (Å²) in [6, 6.07) is 1.97. The van der Waals surface area contributed by atoms with Gasteiger partial charge in [0.15, 0.2) is 0 Å². The van der Waals surface area contributed by atoms with Gasteiger partial charge in [-0.2, -0.15) is 10.1 Å². The van der Waals surface area contributed by atoms with Gasteiger partial charge in [-0.1, -0.05) is 0 Å². The Kier molecular flexibility index (Phi) is 4.14. The first-order valence-electron chi connectivity index (χ1n) is 5.68. The third-order valence-corrected chi connectivity index (χ3v) is 2.87. The van der Waals surface area contributed by atoms with Crippen molar-refractivity contribution in [1.29, 1.82) is 0 Å². The van der Waals surface area contributed by atoms with E-state index in [0.717, 1.165) is 22.5 Å². The number of hydrogen-bond donors (Lipinski definition) is 2. The van der Waals surface area contributed by atoms with Crippen LogP contribution >= 0.6 is 15.9 Å². The second-order valence-corrected chi connectivity index (χ2v) is 4.61. The molecule has 0 atom stereocenters. The highest BCUT2D eigenvalue weighted by molar-refractivity contribution is 9.10. The fourth-order valence-corrected chi connectivity index (χ4v) is 1.80. The van der Waals surface area contributed by atoms with E-state index in [-0.39, 0.29) is 0 Å². The molecular formula is C11H15BrN6. The minimum absolute atomic E-state index is 0.615. The Balaban J connectivity index is 2.05. The first-order chi connectivity index (χ1) is 8.69. The van der Waals surface area contributed by atoms with Gasteiger partial charge in [-0.05, 0) is 28.9 Å². The third-order valence-electron chi connectivity index (χ3n) is 2.28. The van der Waals surface area contributed by atoms with Crippen LogP contribution in [-0.2, 0) is 13.6 Å². The van der Waals surface area contributed by atoms with Gasteiger partial charge in [-0.25, -0.2) is 4.98 Å². The molecule has 0 bridgehead atoms. The van der Waals surface area contributed by atoms with Crippen LogP contribution in [0, 0.1) is 0 Å². The van der Waals surface area contributed by atoms with Gasteiger partial charge in [0.05, 0.1) is 16.7 Å². The molecule has 0 saturated carbocycles. The van der Waals surface area contributed by atoms with E-state index in [1.54, 1.807) is 10.9 Å². The molecule has 0 aliphatic carbocycles. The molecule has 6 nitrogen and oxygen atoms in total. The zero-order chi connectivity index (χ0) is 13.0. The van der Waals surface area contributed by atoms with E-state index in [2.05, 4.69) is 41.6 Å². The molecule has 2 aromatic heterocycles. The standard InChI is InChI=1S/C11H15BrN6/c1-3-13-11-15-7-9(12)10(16-11)14-6-8-4-5-18(2)17-8/h4-5,7H,3,6H2,1-2H3,(H2,13,14,15,16). The van der Waals surface area contributed by atoms with Crippen molar-refractivity contribution >= 4 is 27.7 Å². The molecule has 0 amide bonds. The number of aromatic nitrogens is 4. The normalized spacial score (nSPS) is 10.4. The van der Waals surface area contributed by atoms with Crippen molar-refractivity contribution in [2.24, 2.45) is 7.05 Å². The van der Waals surface area contributed by atoms with Crippen LogP contribution < -0.4 is 10.6 Å². The predicted molar refractivity (Wildman–Crippen MR) is 74.4 cm³/mol. The highest BCUT2D eigenvalue weighted by Crippen LogP contribution is 2.20. The molecule has 0 unspecified atom stereocenters. The van der Waals surface area contributed by atoms with Gasteiger partial charge < -0.3 is 10.6 Å². The molecule has 0 radical (unpaired) electrons. The van der Waals surface area contributed by atoms with Crippen molar-refractivity contribution in [3.05, 3.63) is 28.6 Å². The Hall–Kier alpha value is -1.63. The van der Waals surface area contributed by atoms with Gasteiger partial charge in [-0.15, -0.1) is 0 Å². The lowest BCUT2D eigenvalue weighted by atomic mass is 10.4. The largest absolute Gasteiger partial charge is 0.363 e. The van der Waals surface area contributed by atoms with Gasteiger partial charge in [0.2, 0.25) is 5.95 Å². The van der Waals surface area contributed by atoms with Crippen molar-refractivity contribution < 1.29 is 0 Å². The molecule has 2 heterocycles. The summed E-state index contributed by atoms with van der Waals surface area (Å²) in [6.45, 7) is 3.43. The van der Waals surface area contributed by atoms with Crippen LogP contribution in [-0.4, -0.2) is 26.3 Å². The monoisotopic (exact) mass is 310 g/mol. The van der Waals surface area contributed by atoms with Crippen molar-refractivity contribution in [2.45, 2.75) is 13.5 Å². The maximum atomic E-state index is 4.37. The highest BCUT2D eigenvalue weighted by Gasteiger charge is 2.05. The molecule has 0 aliphatic heterocycles. The Morgan fingerprint density at radius 1 is 1.39 bits per heavy atom. The number of hydrogen-bond acceptors (Lipinski definition) is 5. The van der Waals surface area contributed by atoms with Gasteiger partial charge in [-0.3, -0.25) is 4.68 Å². The van der Waals surface area contributed by atoms with Crippen molar-refractivity contribution in [2.75, 3.05) is 17.2 Å². The summed E-state index contributed by atoms with van der Waals surface area (Å²) in [7, 11) is 1.90. The highest BCUT2D eigenvalue weighted by atomic mass is 79.9. The first kappa shape index (κ1) is 12.8. The summed E-state index contributed by atoms with van der Waals surface area (Å²) in [5.41, 5.74) is 0.966. The Morgan fingerprint density at radius 2 is 2.22 bits per heavy atom.